The number of rotatable bonds is 6. The fraction of sp³-hybridized carbons (Fsp3) is 0.207. The van der Waals surface area contributed by atoms with E-state index < -0.39 is 0 Å². The summed E-state index contributed by atoms with van der Waals surface area (Å²) in [6, 6.07) is 24.9. The second-order valence-electron chi connectivity index (χ2n) is 9.13. The molecule has 0 saturated heterocycles. The summed E-state index contributed by atoms with van der Waals surface area (Å²) in [7, 11) is 1.97. The normalized spacial score (nSPS) is 12.6. The van der Waals surface area contributed by atoms with Crippen LogP contribution in [-0.4, -0.2) is 34.5 Å². The molecule has 1 aromatic heterocycles. The number of halogens is 1. The number of nitrogens with zero attached hydrogens (tertiary/aromatic N) is 4. The van der Waals surface area contributed by atoms with Crippen LogP contribution in [-0.2, 0) is 19.5 Å². The van der Waals surface area contributed by atoms with Crippen LogP contribution in [0.25, 0.3) is 0 Å². The highest BCUT2D eigenvalue weighted by Gasteiger charge is 2.27. The largest absolute Gasteiger partial charge is 0.438 e. The number of fused-ring (bicyclic) bond motifs is 1. The Bertz CT molecular complexity index is 1410. The van der Waals surface area contributed by atoms with Gasteiger partial charge in [-0.2, -0.15) is 4.98 Å². The van der Waals surface area contributed by atoms with Crippen molar-refractivity contribution in [3.05, 3.63) is 106 Å². The van der Waals surface area contributed by atoms with Gasteiger partial charge in [-0.15, -0.1) is 0 Å². The number of hydrogen-bond donors (Lipinski definition) is 1. The van der Waals surface area contributed by atoms with Crippen LogP contribution in [0.4, 0.5) is 16.4 Å². The number of carbonyl (C=O) groups excluding carboxylic acids is 1. The predicted molar refractivity (Wildman–Crippen MR) is 146 cm³/mol. The highest BCUT2D eigenvalue weighted by molar-refractivity contribution is 6.30. The van der Waals surface area contributed by atoms with Crippen LogP contribution in [0.15, 0.2) is 78.9 Å². The summed E-state index contributed by atoms with van der Waals surface area (Å²) in [5.41, 5.74) is 4.60. The zero-order chi connectivity index (χ0) is 25.8. The average Bonchev–Trinajstić information content (AvgIpc) is 2.89. The lowest BCUT2D eigenvalue weighted by Crippen LogP contribution is -2.39. The van der Waals surface area contributed by atoms with E-state index >= 15 is 0 Å². The molecule has 3 aromatic carbocycles. The molecule has 37 heavy (non-hydrogen) atoms. The van der Waals surface area contributed by atoms with Gasteiger partial charge >= 0.3 is 6.03 Å². The van der Waals surface area contributed by atoms with Gasteiger partial charge in [-0.1, -0.05) is 60.1 Å². The number of carbonyl (C=O) groups is 1. The number of anilines is 2. The van der Waals surface area contributed by atoms with E-state index in [1.165, 1.54) is 0 Å². The Morgan fingerprint density at radius 3 is 2.65 bits per heavy atom. The lowest BCUT2D eigenvalue weighted by molar-refractivity contribution is 0.205. The van der Waals surface area contributed by atoms with Gasteiger partial charge in [0.25, 0.3) is 0 Å². The van der Waals surface area contributed by atoms with Crippen molar-refractivity contribution in [2.75, 3.05) is 23.8 Å². The Morgan fingerprint density at radius 2 is 1.86 bits per heavy atom. The molecular formula is C29H28ClN5O2. The Kier molecular flexibility index (Phi) is 7.23. The van der Waals surface area contributed by atoms with Gasteiger partial charge in [0.2, 0.25) is 11.8 Å². The molecule has 0 atom stereocenters. The monoisotopic (exact) mass is 513 g/mol. The van der Waals surface area contributed by atoms with Crippen molar-refractivity contribution in [1.82, 2.24) is 14.9 Å². The smallest absolute Gasteiger partial charge is 0.322 e. The minimum Gasteiger partial charge on any atom is -0.438 e. The summed E-state index contributed by atoms with van der Waals surface area (Å²) < 4.78 is 6.31. The predicted octanol–water partition coefficient (Wildman–Crippen LogP) is 6.46. The Hall–Kier alpha value is -4.10. The van der Waals surface area contributed by atoms with Gasteiger partial charge in [-0.3, -0.25) is 0 Å². The van der Waals surface area contributed by atoms with Crippen molar-refractivity contribution in [3.63, 3.8) is 0 Å². The van der Waals surface area contributed by atoms with E-state index in [4.69, 9.17) is 26.3 Å². The van der Waals surface area contributed by atoms with E-state index in [1.807, 2.05) is 67.4 Å². The van der Waals surface area contributed by atoms with Crippen molar-refractivity contribution < 1.29 is 9.53 Å². The van der Waals surface area contributed by atoms with E-state index in [0.717, 1.165) is 22.4 Å². The molecule has 1 N–H and O–H groups in total. The molecule has 0 radical (unpaired) electrons. The van der Waals surface area contributed by atoms with Crippen molar-refractivity contribution in [2.45, 2.75) is 26.4 Å². The van der Waals surface area contributed by atoms with Gasteiger partial charge in [0.05, 0.1) is 17.8 Å². The molecule has 7 nitrogen and oxygen atoms in total. The van der Waals surface area contributed by atoms with Crippen LogP contribution in [0.1, 0.15) is 22.4 Å². The number of aryl methyl sites for hydroxylation is 1. The first-order chi connectivity index (χ1) is 17.9. The fourth-order valence-corrected chi connectivity index (χ4v) is 4.48. The summed E-state index contributed by atoms with van der Waals surface area (Å²) >= 11 is 6.08. The second kappa shape index (κ2) is 10.9. The maximum absolute atomic E-state index is 13.1. The number of hydrogen-bond acceptors (Lipinski definition) is 5. The standard InChI is InChI=1S/C29H28ClN5O2/c1-20-8-6-13-24(16-20)37-27-25-19-35(29(36)31-23-12-7-11-22(30)17-23)15-14-26(25)32-28(33-27)34(2)18-21-9-4-3-5-10-21/h3-13,16-17H,14-15,18-19H2,1-2H3,(H,31,36). The van der Waals surface area contributed by atoms with E-state index in [0.29, 0.717) is 54.3 Å². The van der Waals surface area contributed by atoms with Gasteiger partial charge < -0.3 is 19.9 Å². The van der Waals surface area contributed by atoms with Crippen LogP contribution in [0.2, 0.25) is 5.02 Å². The molecule has 1 aliphatic rings. The maximum atomic E-state index is 13.1. The molecule has 0 saturated carbocycles. The fourth-order valence-electron chi connectivity index (χ4n) is 4.29. The molecule has 5 rings (SSSR count). The summed E-state index contributed by atoms with van der Waals surface area (Å²) in [6.45, 7) is 3.55. The lowest BCUT2D eigenvalue weighted by Gasteiger charge is -2.30. The molecule has 1 aliphatic heterocycles. The van der Waals surface area contributed by atoms with Crippen LogP contribution >= 0.6 is 11.6 Å². The Labute approximate surface area is 221 Å². The highest BCUT2D eigenvalue weighted by Crippen LogP contribution is 2.32. The molecule has 0 spiro atoms. The molecule has 2 heterocycles. The molecule has 0 unspecified atom stereocenters. The molecular weight excluding hydrogens is 486 g/mol. The van der Waals surface area contributed by atoms with E-state index in [1.54, 1.807) is 23.1 Å². The third-order valence-electron chi connectivity index (χ3n) is 6.18. The van der Waals surface area contributed by atoms with Gasteiger partial charge in [0.1, 0.15) is 5.75 Å². The van der Waals surface area contributed by atoms with E-state index in [9.17, 15) is 4.79 Å². The molecule has 0 fully saturated rings. The van der Waals surface area contributed by atoms with E-state index in [2.05, 4.69) is 17.4 Å². The van der Waals surface area contributed by atoms with Crippen molar-refractivity contribution >= 4 is 29.3 Å². The summed E-state index contributed by atoms with van der Waals surface area (Å²) in [4.78, 5) is 26.5. The van der Waals surface area contributed by atoms with Crippen LogP contribution in [0, 0.1) is 6.92 Å². The number of benzene rings is 3. The Balaban J connectivity index is 1.43. The lowest BCUT2D eigenvalue weighted by atomic mass is 10.1. The topological polar surface area (TPSA) is 70.6 Å². The summed E-state index contributed by atoms with van der Waals surface area (Å²) in [5.74, 6) is 1.74. The Morgan fingerprint density at radius 1 is 1.05 bits per heavy atom. The number of aromatic nitrogens is 2. The van der Waals surface area contributed by atoms with Gasteiger partial charge in [0, 0.05) is 37.3 Å². The SMILES string of the molecule is Cc1cccc(Oc2nc(N(C)Cc3ccccc3)nc3c2CN(C(=O)Nc2cccc(Cl)c2)CC3)c1. The van der Waals surface area contributed by atoms with Crippen molar-refractivity contribution in [3.8, 4) is 11.6 Å². The van der Waals surface area contributed by atoms with Gasteiger partial charge in [0.15, 0.2) is 0 Å². The summed E-state index contributed by atoms with van der Waals surface area (Å²) in [5, 5.41) is 3.50. The van der Waals surface area contributed by atoms with Crippen LogP contribution in [0.3, 0.4) is 0 Å². The molecule has 188 valence electrons. The third-order valence-corrected chi connectivity index (χ3v) is 6.42. The zero-order valence-corrected chi connectivity index (χ0v) is 21.6. The summed E-state index contributed by atoms with van der Waals surface area (Å²) in [6.07, 6.45) is 0.594. The minimum atomic E-state index is -0.209. The number of ether oxygens (including phenoxy) is 1. The minimum absolute atomic E-state index is 0.209. The zero-order valence-electron chi connectivity index (χ0n) is 20.8. The number of nitrogens with one attached hydrogen (secondary N) is 1. The average molecular weight is 514 g/mol. The quantitative estimate of drug-likeness (QED) is 0.320. The molecule has 0 bridgehead atoms. The van der Waals surface area contributed by atoms with Gasteiger partial charge in [-0.05, 0) is 48.4 Å². The molecule has 8 heteroatoms. The van der Waals surface area contributed by atoms with Crippen LogP contribution in [0.5, 0.6) is 11.6 Å². The number of urea groups is 1. The first-order valence-corrected chi connectivity index (χ1v) is 12.5. The first kappa shape index (κ1) is 24.6. The third kappa shape index (κ3) is 6.01. The van der Waals surface area contributed by atoms with Crippen LogP contribution < -0.4 is 15.0 Å². The van der Waals surface area contributed by atoms with E-state index in [-0.39, 0.29) is 6.03 Å². The van der Waals surface area contributed by atoms with Gasteiger partial charge in [-0.25, -0.2) is 9.78 Å². The first-order valence-electron chi connectivity index (χ1n) is 12.2. The van der Waals surface area contributed by atoms with Crippen molar-refractivity contribution in [2.24, 2.45) is 0 Å². The second-order valence-corrected chi connectivity index (χ2v) is 9.56. The molecule has 4 aromatic rings. The number of amides is 2. The molecule has 0 aliphatic carbocycles. The highest BCUT2D eigenvalue weighted by atomic mass is 35.5. The molecule has 2 amide bonds. The maximum Gasteiger partial charge on any atom is 0.322 e. The van der Waals surface area contributed by atoms with Crippen molar-refractivity contribution in [1.29, 1.82) is 0 Å².